The van der Waals surface area contributed by atoms with Crippen LogP contribution in [0.25, 0.3) is 38.4 Å². The summed E-state index contributed by atoms with van der Waals surface area (Å²) in [5, 5.41) is 3.69. The van der Waals surface area contributed by atoms with Gasteiger partial charge in [-0.15, -0.1) is 22.7 Å². The smallest absolute Gasteiger partial charge is 0.293 e. The van der Waals surface area contributed by atoms with Crippen LogP contribution in [0.2, 0.25) is 0 Å². The number of hydrogen-bond acceptors (Lipinski definition) is 4. The molecule has 2 aromatic heterocycles. The lowest BCUT2D eigenvalue weighted by molar-refractivity contribution is -0.170. The predicted molar refractivity (Wildman–Crippen MR) is 154 cm³/mol. The zero-order valence-corrected chi connectivity index (χ0v) is 22.0. The quantitative estimate of drug-likeness (QED) is 0.120. The minimum Gasteiger partial charge on any atom is -0.293 e. The Morgan fingerprint density at radius 2 is 1.45 bits per heavy atom. The highest BCUT2D eigenvalue weighted by molar-refractivity contribution is 7.21. The summed E-state index contributed by atoms with van der Waals surface area (Å²) >= 11 is 2.67. The van der Waals surface area contributed by atoms with Crippen LogP contribution in [0, 0.1) is 0 Å². The van der Waals surface area contributed by atoms with Gasteiger partial charge in [-0.3, -0.25) is 9.59 Å². The monoisotopic (exact) mass is 548 g/mol. The van der Waals surface area contributed by atoms with Crippen molar-refractivity contribution >= 4 is 72.6 Å². The maximum atomic E-state index is 12.5. The number of allylic oxidation sites excluding steroid dienone is 1. The van der Waals surface area contributed by atoms with Crippen molar-refractivity contribution in [2.24, 2.45) is 0 Å². The van der Waals surface area contributed by atoms with E-state index in [0.29, 0.717) is 0 Å². The average molecular weight is 549 g/mol. The van der Waals surface area contributed by atoms with Crippen LogP contribution in [-0.2, 0) is 4.79 Å². The molecule has 5 rings (SSSR count). The first kappa shape index (κ1) is 27.2. The van der Waals surface area contributed by atoms with Crippen molar-refractivity contribution in [3.63, 3.8) is 0 Å². The molecule has 0 fully saturated rings. The maximum Gasteiger partial charge on any atom is 0.450 e. The molecule has 0 radical (unpaired) electrons. The first-order valence-electron chi connectivity index (χ1n) is 11.7. The summed E-state index contributed by atoms with van der Waals surface area (Å²) in [6.07, 6.45) is 1.94. The predicted octanol–water partition coefficient (Wildman–Crippen LogP) is 9.71. The molecule has 0 spiro atoms. The Morgan fingerprint density at radius 1 is 0.816 bits per heavy atom. The lowest BCUT2D eigenvalue weighted by Gasteiger charge is -2.02. The number of benzene rings is 3. The van der Waals surface area contributed by atoms with Crippen molar-refractivity contribution in [1.29, 1.82) is 0 Å². The Balaban J connectivity index is 0.000000317. The summed E-state index contributed by atoms with van der Waals surface area (Å²) in [6, 6.07) is 25.5. The topological polar surface area (TPSA) is 34.1 Å². The summed E-state index contributed by atoms with van der Waals surface area (Å²) in [7, 11) is 0. The molecule has 0 aliphatic carbocycles. The average Bonchev–Trinajstić information content (AvgIpc) is 3.56. The number of thiophene rings is 2. The summed E-state index contributed by atoms with van der Waals surface area (Å²) in [6.45, 7) is 2.02. The van der Waals surface area contributed by atoms with Gasteiger partial charge in [-0.05, 0) is 47.2 Å². The van der Waals surface area contributed by atoms with E-state index < -0.39 is 24.2 Å². The van der Waals surface area contributed by atoms with E-state index in [1.807, 2.05) is 91.2 Å². The van der Waals surface area contributed by atoms with E-state index in [-0.39, 0.29) is 4.88 Å². The Labute approximate surface area is 226 Å². The van der Waals surface area contributed by atoms with Crippen LogP contribution in [0.5, 0.6) is 0 Å². The van der Waals surface area contributed by atoms with E-state index in [1.54, 1.807) is 17.4 Å². The van der Waals surface area contributed by atoms with E-state index >= 15 is 0 Å². The van der Waals surface area contributed by atoms with E-state index in [0.717, 1.165) is 42.6 Å². The van der Waals surface area contributed by atoms with Gasteiger partial charge in [0.1, 0.15) is 0 Å². The van der Waals surface area contributed by atoms with Gasteiger partial charge in [0.25, 0.3) is 0 Å². The molecule has 5 aromatic rings. The number of hydrogen-bond donors (Lipinski definition) is 0. The number of Topliss-reactive ketones (excluding diaryl/α,β-unsaturated/α-hetero) is 2. The lowest BCUT2D eigenvalue weighted by Crippen LogP contribution is -2.25. The first-order valence-corrected chi connectivity index (χ1v) is 13.4. The van der Waals surface area contributed by atoms with Gasteiger partial charge in [-0.2, -0.15) is 13.2 Å². The number of fused-ring (bicyclic) bond motifs is 3. The second-order valence-corrected chi connectivity index (χ2v) is 10.3. The molecular weight excluding hydrogens is 525 g/mol. The summed E-state index contributed by atoms with van der Waals surface area (Å²) in [5.74, 6) is -2.83. The SMILES string of the molecule is C/C=C/c1ccccc1.O=C(CC(=O)C(F)(F)F)c1cc2c(cc(/C=C/c3ccccc3)c3sccc32)s1. The van der Waals surface area contributed by atoms with Crippen LogP contribution in [0.4, 0.5) is 13.2 Å². The van der Waals surface area contributed by atoms with Crippen molar-refractivity contribution in [3.8, 4) is 0 Å². The molecular formula is C31H23F3O2S2. The minimum absolute atomic E-state index is 0.161. The number of ketones is 2. The molecule has 2 heterocycles. The van der Waals surface area contributed by atoms with Gasteiger partial charge in [0, 0.05) is 20.2 Å². The molecule has 0 N–H and O–H groups in total. The van der Waals surface area contributed by atoms with Crippen molar-refractivity contribution in [3.05, 3.63) is 112 Å². The van der Waals surface area contributed by atoms with E-state index in [9.17, 15) is 22.8 Å². The van der Waals surface area contributed by atoms with Crippen molar-refractivity contribution in [1.82, 2.24) is 0 Å². The van der Waals surface area contributed by atoms with Gasteiger partial charge in [-0.1, -0.05) is 85.0 Å². The van der Waals surface area contributed by atoms with Crippen LogP contribution in [0.1, 0.15) is 39.7 Å². The fourth-order valence-electron chi connectivity index (χ4n) is 3.78. The molecule has 0 saturated heterocycles. The molecule has 0 atom stereocenters. The number of rotatable bonds is 6. The zero-order chi connectivity index (χ0) is 27.1. The normalized spacial score (nSPS) is 11.8. The largest absolute Gasteiger partial charge is 0.450 e. The summed E-state index contributed by atoms with van der Waals surface area (Å²) < 4.78 is 39.2. The van der Waals surface area contributed by atoms with E-state index in [1.165, 1.54) is 5.56 Å². The lowest BCUT2D eigenvalue weighted by atomic mass is 10.1. The fourth-order valence-corrected chi connectivity index (χ4v) is 5.75. The summed E-state index contributed by atoms with van der Waals surface area (Å²) in [4.78, 5) is 23.5. The molecule has 0 bridgehead atoms. The maximum absolute atomic E-state index is 12.5. The van der Waals surface area contributed by atoms with Crippen LogP contribution in [-0.4, -0.2) is 17.7 Å². The highest BCUT2D eigenvalue weighted by Gasteiger charge is 2.39. The Bertz CT molecular complexity index is 1610. The molecule has 192 valence electrons. The molecule has 2 nitrogen and oxygen atoms in total. The second-order valence-electron chi connectivity index (χ2n) is 8.33. The molecule has 0 amide bonds. The number of alkyl halides is 3. The van der Waals surface area contributed by atoms with Crippen LogP contribution in [0.3, 0.4) is 0 Å². The van der Waals surface area contributed by atoms with E-state index in [2.05, 4.69) is 18.2 Å². The van der Waals surface area contributed by atoms with Gasteiger partial charge < -0.3 is 0 Å². The fraction of sp³-hybridized carbons (Fsp3) is 0.0968. The third kappa shape index (κ3) is 6.73. The number of halogens is 3. The van der Waals surface area contributed by atoms with Crippen LogP contribution < -0.4 is 0 Å². The molecule has 3 aromatic carbocycles. The molecule has 0 saturated carbocycles. The molecule has 0 unspecified atom stereocenters. The molecule has 38 heavy (non-hydrogen) atoms. The van der Waals surface area contributed by atoms with Gasteiger partial charge in [0.05, 0.1) is 11.3 Å². The number of carbonyl (C=O) groups excluding carboxylic acids is 2. The van der Waals surface area contributed by atoms with Crippen molar-refractivity contribution < 1.29 is 22.8 Å². The molecule has 0 aliphatic heterocycles. The highest BCUT2D eigenvalue weighted by atomic mass is 32.1. The number of carbonyl (C=O) groups is 2. The van der Waals surface area contributed by atoms with Crippen molar-refractivity contribution in [2.75, 3.05) is 0 Å². The highest BCUT2D eigenvalue weighted by Crippen LogP contribution is 2.38. The Kier molecular flexibility index (Phi) is 8.71. The van der Waals surface area contributed by atoms with Gasteiger partial charge in [0.2, 0.25) is 5.78 Å². The zero-order valence-electron chi connectivity index (χ0n) is 20.4. The summed E-state index contributed by atoms with van der Waals surface area (Å²) in [5.41, 5.74) is 3.28. The Hall–Kier alpha value is -3.81. The minimum atomic E-state index is -5.00. The van der Waals surface area contributed by atoms with Gasteiger partial charge in [0.15, 0.2) is 5.78 Å². The first-order chi connectivity index (χ1) is 18.3. The third-order valence-corrected chi connectivity index (χ3v) is 7.68. The van der Waals surface area contributed by atoms with Gasteiger partial charge in [-0.25, -0.2) is 0 Å². The molecule has 0 aliphatic rings. The third-order valence-electron chi connectivity index (χ3n) is 5.59. The van der Waals surface area contributed by atoms with E-state index in [4.69, 9.17) is 0 Å². The standard InChI is InChI=1S/C22H13F3O2S2.C9H10/c23-22(24,25)20(27)12-17(26)19-11-16-15-8-9-28-21(15)14(10-18(16)29-19)7-6-13-4-2-1-3-5-13;1-2-6-9-7-4-3-5-8-9/h1-11H,12H2;2-8H,1H3/b7-6+;6-2+. The Morgan fingerprint density at radius 3 is 2.05 bits per heavy atom. The molecule has 7 heteroatoms. The second kappa shape index (κ2) is 12.2. The van der Waals surface area contributed by atoms with Crippen molar-refractivity contribution in [2.45, 2.75) is 19.5 Å². The van der Waals surface area contributed by atoms with Crippen LogP contribution in [0.15, 0.2) is 90.3 Å². The van der Waals surface area contributed by atoms with Gasteiger partial charge >= 0.3 is 6.18 Å². The van der Waals surface area contributed by atoms with Crippen LogP contribution >= 0.6 is 22.7 Å².